The summed E-state index contributed by atoms with van der Waals surface area (Å²) in [5.41, 5.74) is 3.17. The molecule has 0 heterocycles. The molecule has 146 valence electrons. The summed E-state index contributed by atoms with van der Waals surface area (Å²) in [6, 6.07) is 11.0. The van der Waals surface area contributed by atoms with E-state index in [2.05, 4.69) is 31.2 Å². The Balaban J connectivity index is 1.94. The van der Waals surface area contributed by atoms with E-state index in [4.69, 9.17) is 4.74 Å². The van der Waals surface area contributed by atoms with Crippen LogP contribution in [0.1, 0.15) is 11.1 Å². The van der Waals surface area contributed by atoms with E-state index in [0.29, 0.717) is 21.3 Å². The highest BCUT2D eigenvalue weighted by molar-refractivity contribution is 9.10. The van der Waals surface area contributed by atoms with Gasteiger partial charge in [-0.25, -0.2) is 10.2 Å². The van der Waals surface area contributed by atoms with E-state index >= 15 is 0 Å². The molecule has 0 aromatic heterocycles. The molecule has 9 nitrogen and oxygen atoms in total. The van der Waals surface area contributed by atoms with Crippen molar-refractivity contribution < 1.29 is 24.0 Å². The first-order valence-corrected chi connectivity index (χ1v) is 8.73. The van der Waals surface area contributed by atoms with Crippen LogP contribution in [0.3, 0.4) is 0 Å². The van der Waals surface area contributed by atoms with Gasteiger partial charge in [-0.2, -0.15) is 5.10 Å². The molecule has 0 saturated heterocycles. The van der Waals surface area contributed by atoms with Crippen molar-refractivity contribution in [3.05, 3.63) is 68.2 Å². The molecule has 2 aromatic rings. The zero-order valence-electron chi connectivity index (χ0n) is 14.8. The number of rotatable bonds is 8. The summed E-state index contributed by atoms with van der Waals surface area (Å²) < 4.78 is 10.4. The van der Waals surface area contributed by atoms with Crippen molar-refractivity contribution in [3.8, 4) is 5.75 Å². The third-order valence-electron chi connectivity index (χ3n) is 3.47. The number of hydrogen-bond donors (Lipinski definition) is 1. The monoisotopic (exact) mass is 449 g/mol. The van der Waals surface area contributed by atoms with Crippen LogP contribution in [0.15, 0.2) is 52.0 Å². The van der Waals surface area contributed by atoms with Gasteiger partial charge in [-0.3, -0.25) is 14.9 Å². The maximum atomic E-state index is 12.0. The molecule has 0 aliphatic heterocycles. The molecule has 0 aliphatic carbocycles. The number of nitro groups is 1. The maximum Gasteiger partial charge on any atom is 0.343 e. The van der Waals surface area contributed by atoms with E-state index < -0.39 is 16.8 Å². The van der Waals surface area contributed by atoms with Crippen LogP contribution >= 0.6 is 15.9 Å². The maximum absolute atomic E-state index is 12.0. The first kappa shape index (κ1) is 21.0. The number of nitro benzene ring substituents is 1. The first-order valence-electron chi connectivity index (χ1n) is 7.94. The van der Waals surface area contributed by atoms with Crippen LogP contribution in [0.2, 0.25) is 0 Å². The van der Waals surface area contributed by atoms with Gasteiger partial charge in [-0.15, -0.1) is 0 Å². The Bertz CT molecular complexity index is 916. The molecule has 1 N–H and O–H groups in total. The Hall–Kier alpha value is -3.27. The largest absolute Gasteiger partial charge is 0.481 e. The van der Waals surface area contributed by atoms with Crippen LogP contribution in [0.5, 0.6) is 5.75 Å². The average Bonchev–Trinajstić information content (AvgIpc) is 2.67. The Morgan fingerprint density at radius 2 is 2.04 bits per heavy atom. The fourth-order valence-electron chi connectivity index (χ4n) is 2.14. The van der Waals surface area contributed by atoms with Gasteiger partial charge in [0.1, 0.15) is 5.75 Å². The number of methoxy groups -OCH3 is 1. The van der Waals surface area contributed by atoms with Gasteiger partial charge in [0.15, 0.2) is 6.61 Å². The smallest absolute Gasteiger partial charge is 0.343 e. The van der Waals surface area contributed by atoms with Gasteiger partial charge in [0.05, 0.1) is 29.1 Å². The standard InChI is InChI=1S/C18H16BrN3O6/c1-27-18(24)11-28-16-7-6-12(8-14(16)19)10-20-21-17(23)9-13-4-2-3-5-15(13)22(25)26/h2-8,10H,9,11H2,1H3,(H,21,23)/b20-10+. The lowest BCUT2D eigenvalue weighted by Gasteiger charge is -2.07. The number of carbonyl (C=O) groups is 2. The Kier molecular flexibility index (Phi) is 7.64. The summed E-state index contributed by atoms with van der Waals surface area (Å²) in [4.78, 5) is 33.5. The lowest BCUT2D eigenvalue weighted by Crippen LogP contribution is -2.20. The zero-order chi connectivity index (χ0) is 20.5. The number of hydrogen-bond acceptors (Lipinski definition) is 7. The van der Waals surface area contributed by atoms with Gasteiger partial charge in [-0.05, 0) is 39.7 Å². The molecular formula is C18H16BrN3O6. The second-order valence-electron chi connectivity index (χ2n) is 5.41. The highest BCUT2D eigenvalue weighted by Crippen LogP contribution is 2.25. The molecule has 0 unspecified atom stereocenters. The minimum atomic E-state index is -0.534. The Morgan fingerprint density at radius 3 is 2.71 bits per heavy atom. The fraction of sp³-hybridized carbons (Fsp3) is 0.167. The number of ether oxygens (including phenoxy) is 2. The Morgan fingerprint density at radius 1 is 1.29 bits per heavy atom. The lowest BCUT2D eigenvalue weighted by atomic mass is 10.1. The van der Waals surface area contributed by atoms with Crippen LogP contribution in [0.4, 0.5) is 5.69 Å². The average molecular weight is 450 g/mol. The number of benzene rings is 2. The molecule has 0 aliphatic rings. The summed E-state index contributed by atoms with van der Waals surface area (Å²) in [6.07, 6.45) is 1.24. The molecule has 28 heavy (non-hydrogen) atoms. The summed E-state index contributed by atoms with van der Waals surface area (Å²) in [7, 11) is 1.27. The van der Waals surface area contributed by atoms with Gasteiger partial charge in [-0.1, -0.05) is 18.2 Å². The second-order valence-corrected chi connectivity index (χ2v) is 6.26. The van der Waals surface area contributed by atoms with Crippen molar-refractivity contribution in [3.63, 3.8) is 0 Å². The van der Waals surface area contributed by atoms with Crippen LogP contribution in [0, 0.1) is 10.1 Å². The zero-order valence-corrected chi connectivity index (χ0v) is 16.3. The fourth-order valence-corrected chi connectivity index (χ4v) is 2.65. The molecule has 0 bridgehead atoms. The van der Waals surface area contributed by atoms with Crippen LogP contribution < -0.4 is 10.2 Å². The molecule has 2 aromatic carbocycles. The van der Waals surface area contributed by atoms with Crippen molar-refractivity contribution in [2.45, 2.75) is 6.42 Å². The lowest BCUT2D eigenvalue weighted by molar-refractivity contribution is -0.385. The van der Waals surface area contributed by atoms with Crippen molar-refractivity contribution in [1.29, 1.82) is 0 Å². The highest BCUT2D eigenvalue weighted by Gasteiger charge is 2.15. The number of nitrogens with zero attached hydrogens (tertiary/aromatic N) is 2. The molecule has 0 saturated carbocycles. The molecule has 0 radical (unpaired) electrons. The number of halogens is 1. The van der Waals surface area contributed by atoms with Crippen molar-refractivity contribution in [1.82, 2.24) is 5.43 Å². The Labute approximate surface area is 168 Å². The van der Waals surface area contributed by atoms with E-state index in [1.165, 1.54) is 31.5 Å². The number of esters is 1. The van der Waals surface area contributed by atoms with E-state index in [-0.39, 0.29) is 18.7 Å². The van der Waals surface area contributed by atoms with Crippen molar-refractivity contribution in [2.24, 2.45) is 5.10 Å². The predicted molar refractivity (Wildman–Crippen MR) is 104 cm³/mol. The number of hydrazone groups is 1. The SMILES string of the molecule is COC(=O)COc1ccc(/C=N/NC(=O)Cc2ccccc2[N+](=O)[O-])cc1Br. The summed E-state index contributed by atoms with van der Waals surface area (Å²) >= 11 is 3.32. The molecule has 0 spiro atoms. The molecular weight excluding hydrogens is 434 g/mol. The molecule has 1 amide bonds. The topological polar surface area (TPSA) is 120 Å². The number of carbonyl (C=O) groups excluding carboxylic acids is 2. The van der Waals surface area contributed by atoms with Gasteiger partial charge in [0, 0.05) is 11.6 Å². The van der Waals surface area contributed by atoms with E-state index in [0.717, 1.165) is 0 Å². The minimum Gasteiger partial charge on any atom is -0.481 e. The molecule has 2 rings (SSSR count). The third-order valence-corrected chi connectivity index (χ3v) is 4.09. The highest BCUT2D eigenvalue weighted by atomic mass is 79.9. The quantitative estimate of drug-likeness (QED) is 0.286. The van der Waals surface area contributed by atoms with Crippen LogP contribution in [-0.4, -0.2) is 36.7 Å². The third kappa shape index (κ3) is 6.16. The van der Waals surface area contributed by atoms with E-state index in [1.54, 1.807) is 24.3 Å². The van der Waals surface area contributed by atoms with E-state index in [9.17, 15) is 19.7 Å². The molecule has 0 atom stereocenters. The predicted octanol–water partition coefficient (Wildman–Crippen LogP) is 2.60. The van der Waals surface area contributed by atoms with Crippen LogP contribution in [0.25, 0.3) is 0 Å². The van der Waals surface area contributed by atoms with Gasteiger partial charge in [0.2, 0.25) is 5.91 Å². The first-order chi connectivity index (χ1) is 13.4. The summed E-state index contributed by atoms with van der Waals surface area (Å²) in [5.74, 6) is -0.537. The number of nitrogens with one attached hydrogen (secondary N) is 1. The number of para-hydroxylation sites is 1. The van der Waals surface area contributed by atoms with Crippen LogP contribution in [-0.2, 0) is 20.7 Å². The van der Waals surface area contributed by atoms with Gasteiger partial charge >= 0.3 is 5.97 Å². The number of amides is 1. The second kappa shape index (κ2) is 10.2. The van der Waals surface area contributed by atoms with Gasteiger partial charge < -0.3 is 9.47 Å². The summed E-state index contributed by atoms with van der Waals surface area (Å²) in [6.45, 7) is -0.218. The van der Waals surface area contributed by atoms with Gasteiger partial charge in [0.25, 0.3) is 5.69 Å². The van der Waals surface area contributed by atoms with E-state index in [1.807, 2.05) is 0 Å². The minimum absolute atomic E-state index is 0.117. The van der Waals surface area contributed by atoms with Crippen molar-refractivity contribution in [2.75, 3.05) is 13.7 Å². The molecule has 0 fully saturated rings. The molecule has 10 heteroatoms. The summed E-state index contributed by atoms with van der Waals surface area (Å²) in [5, 5.41) is 14.8. The normalized spacial score (nSPS) is 10.5. The van der Waals surface area contributed by atoms with Crippen molar-refractivity contribution >= 4 is 39.7 Å².